The van der Waals surface area contributed by atoms with Crippen LogP contribution in [0, 0.1) is 5.41 Å². The Morgan fingerprint density at radius 3 is 1.26 bits per heavy atom. The normalized spacial score (nSPS) is 16.0. The van der Waals surface area contributed by atoms with Crippen LogP contribution in [0.2, 0.25) is 0 Å². The summed E-state index contributed by atoms with van der Waals surface area (Å²) >= 11 is 0. The maximum atomic E-state index is 13.4. The van der Waals surface area contributed by atoms with Crippen molar-refractivity contribution in [3.8, 4) is 0 Å². The van der Waals surface area contributed by atoms with Gasteiger partial charge in [-0.15, -0.1) is 0 Å². The number of barbiturate groups is 1. The van der Waals surface area contributed by atoms with Crippen molar-refractivity contribution in [2.75, 3.05) is 52.1 Å². The minimum absolute atomic E-state index is 0.218. The molecule has 1 aliphatic rings. The first kappa shape index (κ1) is 22.3. The smallest absolute Gasteiger partial charge is 0.332 e. The molecule has 1 fully saturated rings. The van der Waals surface area contributed by atoms with Crippen molar-refractivity contribution in [2.45, 2.75) is 12.8 Å². The monoisotopic (exact) mass is 422 g/mol. The molecule has 1 heterocycles. The summed E-state index contributed by atoms with van der Waals surface area (Å²) in [6, 6.07) is 15.0. The molecule has 164 valence electrons. The van der Waals surface area contributed by atoms with Crippen molar-refractivity contribution in [3.63, 3.8) is 0 Å². The SMILES string of the molecule is CN1C(=O)N(C)C(=O)C(Cc2ccc(N(C)C)cc2)(Cc2ccc(N(C)C)cc2)C1=O. The van der Waals surface area contributed by atoms with E-state index in [0.29, 0.717) is 0 Å². The van der Waals surface area contributed by atoms with Crippen LogP contribution >= 0.6 is 0 Å². The predicted molar refractivity (Wildman–Crippen MR) is 122 cm³/mol. The molecule has 0 unspecified atom stereocenters. The van der Waals surface area contributed by atoms with Crippen LogP contribution in [0.15, 0.2) is 48.5 Å². The van der Waals surface area contributed by atoms with Crippen molar-refractivity contribution in [3.05, 3.63) is 59.7 Å². The van der Waals surface area contributed by atoms with E-state index in [9.17, 15) is 14.4 Å². The Kier molecular flexibility index (Phi) is 6.06. The van der Waals surface area contributed by atoms with Gasteiger partial charge in [0, 0.05) is 53.7 Å². The number of amides is 4. The molecule has 7 heteroatoms. The molecule has 0 atom stereocenters. The second-order valence-electron chi connectivity index (χ2n) is 8.57. The lowest BCUT2D eigenvalue weighted by Gasteiger charge is -2.42. The van der Waals surface area contributed by atoms with E-state index >= 15 is 0 Å². The zero-order chi connectivity index (χ0) is 22.9. The molecule has 3 rings (SSSR count). The Bertz CT molecular complexity index is 901. The van der Waals surface area contributed by atoms with Gasteiger partial charge in [-0.1, -0.05) is 24.3 Å². The fourth-order valence-corrected chi connectivity index (χ4v) is 4.02. The minimum atomic E-state index is -1.38. The lowest BCUT2D eigenvalue weighted by atomic mass is 9.73. The first-order valence-corrected chi connectivity index (χ1v) is 10.2. The maximum Gasteiger partial charge on any atom is 0.332 e. The van der Waals surface area contributed by atoms with Gasteiger partial charge >= 0.3 is 6.03 Å². The van der Waals surface area contributed by atoms with E-state index in [0.717, 1.165) is 32.3 Å². The molecule has 0 aliphatic carbocycles. The third-order valence-electron chi connectivity index (χ3n) is 5.92. The van der Waals surface area contributed by atoms with E-state index in [4.69, 9.17) is 0 Å². The highest BCUT2D eigenvalue weighted by Gasteiger charge is 2.55. The molecular weight excluding hydrogens is 392 g/mol. The molecule has 31 heavy (non-hydrogen) atoms. The summed E-state index contributed by atoms with van der Waals surface area (Å²) in [5, 5.41) is 0. The van der Waals surface area contributed by atoms with Crippen molar-refractivity contribution < 1.29 is 14.4 Å². The topological polar surface area (TPSA) is 64.2 Å². The zero-order valence-electron chi connectivity index (χ0n) is 19.0. The molecule has 0 saturated carbocycles. The van der Waals surface area contributed by atoms with Crippen molar-refractivity contribution in [1.82, 2.24) is 9.80 Å². The molecule has 4 amide bonds. The van der Waals surface area contributed by atoms with Crippen molar-refractivity contribution >= 4 is 29.2 Å². The number of imide groups is 2. The summed E-state index contributed by atoms with van der Waals surface area (Å²) in [6.45, 7) is 0. The fourth-order valence-electron chi connectivity index (χ4n) is 4.02. The summed E-state index contributed by atoms with van der Waals surface area (Å²) in [4.78, 5) is 45.3. The molecule has 0 radical (unpaired) electrons. The Morgan fingerprint density at radius 1 is 0.645 bits per heavy atom. The number of hydrogen-bond acceptors (Lipinski definition) is 5. The predicted octanol–water partition coefficient (Wildman–Crippen LogP) is 2.64. The number of anilines is 2. The summed E-state index contributed by atoms with van der Waals surface area (Å²) < 4.78 is 0. The Labute approximate surface area is 183 Å². The molecule has 0 N–H and O–H groups in total. The number of carbonyl (C=O) groups excluding carboxylic acids is 3. The van der Waals surface area contributed by atoms with E-state index in [2.05, 4.69) is 0 Å². The Morgan fingerprint density at radius 2 is 0.968 bits per heavy atom. The maximum absolute atomic E-state index is 13.4. The minimum Gasteiger partial charge on any atom is -0.378 e. The van der Waals surface area contributed by atoms with Crippen LogP contribution in [-0.4, -0.2) is 69.9 Å². The van der Waals surface area contributed by atoms with Crippen LogP contribution in [0.3, 0.4) is 0 Å². The van der Waals surface area contributed by atoms with Crippen LogP contribution in [-0.2, 0) is 22.4 Å². The highest BCUT2D eigenvalue weighted by Crippen LogP contribution is 2.36. The van der Waals surface area contributed by atoms with Crippen molar-refractivity contribution in [2.24, 2.45) is 5.41 Å². The van der Waals surface area contributed by atoms with Crippen LogP contribution in [0.4, 0.5) is 16.2 Å². The second kappa shape index (κ2) is 8.41. The number of urea groups is 1. The molecule has 7 nitrogen and oxygen atoms in total. The molecule has 0 aromatic heterocycles. The number of nitrogens with zero attached hydrogens (tertiary/aromatic N) is 4. The number of benzene rings is 2. The van der Waals surface area contributed by atoms with Crippen LogP contribution < -0.4 is 9.80 Å². The van der Waals surface area contributed by atoms with E-state index in [-0.39, 0.29) is 12.8 Å². The Balaban J connectivity index is 2.03. The summed E-state index contributed by atoms with van der Waals surface area (Å²) in [5.74, 6) is -0.928. The molecule has 1 saturated heterocycles. The number of hydrogen-bond donors (Lipinski definition) is 0. The van der Waals surface area contributed by atoms with Gasteiger partial charge in [0.1, 0.15) is 5.41 Å². The summed E-state index contributed by atoms with van der Waals surface area (Å²) in [6.07, 6.45) is 0.436. The van der Waals surface area contributed by atoms with Gasteiger partial charge in [0.25, 0.3) is 0 Å². The highest BCUT2D eigenvalue weighted by molar-refractivity contribution is 6.19. The second-order valence-corrected chi connectivity index (χ2v) is 8.57. The first-order chi connectivity index (χ1) is 14.6. The van der Waals surface area contributed by atoms with Crippen LogP contribution in [0.25, 0.3) is 0 Å². The van der Waals surface area contributed by atoms with Gasteiger partial charge in [-0.3, -0.25) is 19.4 Å². The van der Waals surface area contributed by atoms with Crippen LogP contribution in [0.1, 0.15) is 11.1 Å². The molecule has 2 aromatic rings. The Hall–Kier alpha value is -3.35. The van der Waals surface area contributed by atoms with Gasteiger partial charge in [-0.25, -0.2) is 4.79 Å². The molecule has 2 aromatic carbocycles. The van der Waals surface area contributed by atoms with Gasteiger partial charge < -0.3 is 9.80 Å². The average Bonchev–Trinajstić information content (AvgIpc) is 2.75. The van der Waals surface area contributed by atoms with Gasteiger partial charge in [0.15, 0.2) is 0 Å². The van der Waals surface area contributed by atoms with Crippen LogP contribution in [0.5, 0.6) is 0 Å². The van der Waals surface area contributed by atoms with Gasteiger partial charge in [0.05, 0.1) is 0 Å². The van der Waals surface area contributed by atoms with Gasteiger partial charge in [-0.2, -0.15) is 0 Å². The molecule has 1 aliphatic heterocycles. The zero-order valence-corrected chi connectivity index (χ0v) is 19.0. The van der Waals surface area contributed by atoms with Gasteiger partial charge in [-0.05, 0) is 48.2 Å². The van der Waals surface area contributed by atoms with E-state index < -0.39 is 23.3 Å². The van der Waals surface area contributed by atoms with E-state index in [1.165, 1.54) is 14.1 Å². The highest BCUT2D eigenvalue weighted by atomic mass is 16.2. The lowest BCUT2D eigenvalue weighted by molar-refractivity contribution is -0.157. The quantitative estimate of drug-likeness (QED) is 0.670. The molecular formula is C24H30N4O3. The molecule has 0 bridgehead atoms. The standard InChI is InChI=1S/C24H30N4O3/c1-25(2)19-11-7-17(8-12-19)15-24(16-18-9-13-20(14-10-18)26(3)4)21(29)27(5)23(31)28(6)22(24)30/h7-14H,15-16H2,1-6H3. The number of rotatable bonds is 6. The van der Waals surface area contributed by atoms with E-state index in [1.807, 2.05) is 86.5 Å². The third-order valence-corrected chi connectivity index (χ3v) is 5.92. The summed E-state index contributed by atoms with van der Waals surface area (Å²) in [7, 11) is 10.7. The molecule has 0 spiro atoms. The van der Waals surface area contributed by atoms with Gasteiger partial charge in [0.2, 0.25) is 11.8 Å². The third kappa shape index (κ3) is 4.13. The number of carbonyl (C=O) groups is 3. The van der Waals surface area contributed by atoms with Crippen molar-refractivity contribution in [1.29, 1.82) is 0 Å². The van der Waals surface area contributed by atoms with E-state index in [1.54, 1.807) is 0 Å². The summed E-state index contributed by atoms with van der Waals surface area (Å²) in [5.41, 5.74) is 2.42. The largest absolute Gasteiger partial charge is 0.378 e. The fraction of sp³-hybridized carbons (Fsp3) is 0.375. The average molecular weight is 423 g/mol. The first-order valence-electron chi connectivity index (χ1n) is 10.2. The lowest BCUT2D eigenvalue weighted by Crippen LogP contribution is -2.64.